The van der Waals surface area contributed by atoms with Gasteiger partial charge in [-0.05, 0) is 37.1 Å². The highest BCUT2D eigenvalue weighted by atomic mass is 16.5. The molecule has 178 valence electrons. The number of anilines is 2. The summed E-state index contributed by atoms with van der Waals surface area (Å²) >= 11 is 0. The van der Waals surface area contributed by atoms with Crippen LogP contribution < -0.4 is 29.2 Å². The van der Waals surface area contributed by atoms with E-state index in [4.69, 9.17) is 18.9 Å². The lowest BCUT2D eigenvalue weighted by Crippen LogP contribution is -2.28. The van der Waals surface area contributed by atoms with Gasteiger partial charge < -0.3 is 29.2 Å². The van der Waals surface area contributed by atoms with Crippen molar-refractivity contribution in [2.45, 2.75) is 33.1 Å². The highest BCUT2D eigenvalue weighted by Gasteiger charge is 2.35. The minimum Gasteiger partial charge on any atom is -0.493 e. The molecule has 1 aliphatic heterocycles. The number of benzene rings is 2. The van der Waals surface area contributed by atoms with Gasteiger partial charge in [-0.25, -0.2) is 0 Å². The second-order valence-corrected chi connectivity index (χ2v) is 7.79. The van der Waals surface area contributed by atoms with Crippen molar-refractivity contribution in [3.8, 4) is 23.0 Å². The molecule has 2 aromatic rings. The average molecular weight is 457 g/mol. The van der Waals surface area contributed by atoms with Gasteiger partial charge in [0.2, 0.25) is 11.8 Å². The molecule has 33 heavy (non-hydrogen) atoms. The number of methoxy groups -OCH3 is 2. The molecule has 1 aliphatic rings. The number of rotatable bonds is 11. The minimum atomic E-state index is -0.471. The van der Waals surface area contributed by atoms with Crippen molar-refractivity contribution in [2.24, 2.45) is 5.92 Å². The molecule has 1 atom stereocenters. The lowest BCUT2D eigenvalue weighted by atomic mass is 10.1. The summed E-state index contributed by atoms with van der Waals surface area (Å²) in [6.07, 6.45) is 1.88. The summed E-state index contributed by atoms with van der Waals surface area (Å²) in [5.41, 5.74) is 1.27. The summed E-state index contributed by atoms with van der Waals surface area (Å²) in [6, 6.07) is 10.6. The van der Waals surface area contributed by atoms with Gasteiger partial charge in [-0.15, -0.1) is 0 Å². The predicted octanol–water partition coefficient (Wildman–Crippen LogP) is 4.27. The zero-order valence-electron chi connectivity index (χ0n) is 19.7. The fourth-order valence-corrected chi connectivity index (χ4v) is 3.61. The standard InChI is InChI=1S/C25H32N2O6/c1-5-11-32-21-9-7-18(14-23(21)33-12-6-2)26-25(29)17-13-24(28)27(16-17)19-8-10-20(30-3)22(15-19)31-4/h7-10,14-15,17H,5-6,11-13,16H2,1-4H3,(H,26,29). The molecule has 0 aromatic heterocycles. The van der Waals surface area contributed by atoms with Crippen LogP contribution in [-0.4, -0.2) is 45.8 Å². The van der Waals surface area contributed by atoms with Crippen LogP contribution in [0.3, 0.4) is 0 Å². The summed E-state index contributed by atoms with van der Waals surface area (Å²) in [6.45, 7) is 5.49. The Balaban J connectivity index is 1.70. The third-order valence-electron chi connectivity index (χ3n) is 5.31. The highest BCUT2D eigenvalue weighted by Crippen LogP contribution is 2.35. The molecule has 8 heteroatoms. The van der Waals surface area contributed by atoms with Crippen LogP contribution in [0.1, 0.15) is 33.1 Å². The SMILES string of the molecule is CCCOc1ccc(NC(=O)C2CC(=O)N(c3ccc(OC)c(OC)c3)C2)cc1OCCC. The van der Waals surface area contributed by atoms with Gasteiger partial charge in [-0.2, -0.15) is 0 Å². The number of hydrogen-bond acceptors (Lipinski definition) is 6. The topological polar surface area (TPSA) is 86.3 Å². The predicted molar refractivity (Wildman–Crippen MR) is 127 cm³/mol. The van der Waals surface area contributed by atoms with Crippen molar-refractivity contribution < 1.29 is 28.5 Å². The Kier molecular flexibility index (Phi) is 8.40. The first kappa shape index (κ1) is 24.2. The van der Waals surface area contributed by atoms with Gasteiger partial charge in [0.25, 0.3) is 0 Å². The number of hydrogen-bond donors (Lipinski definition) is 1. The van der Waals surface area contributed by atoms with Gasteiger partial charge in [0, 0.05) is 36.5 Å². The molecule has 1 heterocycles. The molecule has 1 unspecified atom stereocenters. The molecule has 0 radical (unpaired) electrons. The quantitative estimate of drug-likeness (QED) is 0.543. The Morgan fingerprint density at radius 3 is 2.27 bits per heavy atom. The molecular weight excluding hydrogens is 424 g/mol. The van der Waals surface area contributed by atoms with E-state index in [1.54, 1.807) is 55.5 Å². The van der Waals surface area contributed by atoms with E-state index < -0.39 is 5.92 Å². The molecule has 2 aromatic carbocycles. The van der Waals surface area contributed by atoms with Crippen LogP contribution in [-0.2, 0) is 9.59 Å². The van der Waals surface area contributed by atoms with E-state index in [0.717, 1.165) is 12.8 Å². The molecule has 0 aliphatic carbocycles. The number of nitrogens with zero attached hydrogens (tertiary/aromatic N) is 1. The Hall–Kier alpha value is -3.42. The van der Waals surface area contributed by atoms with Crippen molar-refractivity contribution in [3.63, 3.8) is 0 Å². The fraction of sp³-hybridized carbons (Fsp3) is 0.440. The van der Waals surface area contributed by atoms with E-state index in [1.165, 1.54) is 0 Å². The molecule has 0 spiro atoms. The molecule has 1 fully saturated rings. The molecule has 0 bridgehead atoms. The van der Waals surface area contributed by atoms with E-state index in [-0.39, 0.29) is 24.8 Å². The number of ether oxygens (including phenoxy) is 4. The Morgan fingerprint density at radius 2 is 1.61 bits per heavy atom. The summed E-state index contributed by atoms with van der Waals surface area (Å²) in [7, 11) is 3.10. The largest absolute Gasteiger partial charge is 0.493 e. The lowest BCUT2D eigenvalue weighted by Gasteiger charge is -2.19. The second kappa shape index (κ2) is 11.4. The summed E-state index contributed by atoms with van der Waals surface area (Å²) < 4.78 is 22.1. The zero-order valence-corrected chi connectivity index (χ0v) is 19.7. The van der Waals surface area contributed by atoms with Gasteiger partial charge in [0.1, 0.15) is 0 Å². The monoisotopic (exact) mass is 456 g/mol. The van der Waals surface area contributed by atoms with Crippen molar-refractivity contribution in [2.75, 3.05) is 44.2 Å². The van der Waals surface area contributed by atoms with E-state index in [0.29, 0.717) is 47.6 Å². The van der Waals surface area contributed by atoms with Crippen LogP contribution in [0.25, 0.3) is 0 Å². The highest BCUT2D eigenvalue weighted by molar-refractivity contribution is 6.03. The van der Waals surface area contributed by atoms with Gasteiger partial charge >= 0.3 is 0 Å². The number of carbonyl (C=O) groups excluding carboxylic acids is 2. The van der Waals surface area contributed by atoms with Crippen molar-refractivity contribution in [1.82, 2.24) is 0 Å². The smallest absolute Gasteiger partial charge is 0.229 e. The molecule has 1 saturated heterocycles. The summed E-state index contributed by atoms with van der Waals surface area (Å²) in [5.74, 6) is 1.56. The maximum Gasteiger partial charge on any atom is 0.229 e. The maximum atomic E-state index is 12.9. The van der Waals surface area contributed by atoms with Crippen molar-refractivity contribution >= 4 is 23.2 Å². The summed E-state index contributed by atoms with van der Waals surface area (Å²) in [5, 5.41) is 2.92. The van der Waals surface area contributed by atoms with Crippen LogP contribution >= 0.6 is 0 Å². The lowest BCUT2D eigenvalue weighted by molar-refractivity contribution is -0.122. The number of carbonyl (C=O) groups is 2. The van der Waals surface area contributed by atoms with Crippen LogP contribution in [0.15, 0.2) is 36.4 Å². The van der Waals surface area contributed by atoms with Gasteiger partial charge in [0.15, 0.2) is 23.0 Å². The average Bonchev–Trinajstić information content (AvgIpc) is 3.23. The molecule has 2 amide bonds. The normalized spacial score (nSPS) is 15.3. The molecular formula is C25H32N2O6. The third-order valence-corrected chi connectivity index (χ3v) is 5.31. The number of nitrogens with one attached hydrogen (secondary N) is 1. The van der Waals surface area contributed by atoms with E-state index in [2.05, 4.69) is 5.32 Å². The van der Waals surface area contributed by atoms with E-state index >= 15 is 0 Å². The van der Waals surface area contributed by atoms with Gasteiger partial charge in [-0.3, -0.25) is 9.59 Å². The second-order valence-electron chi connectivity index (χ2n) is 7.79. The minimum absolute atomic E-state index is 0.113. The van der Waals surface area contributed by atoms with E-state index in [1.807, 2.05) is 13.8 Å². The molecule has 0 saturated carbocycles. The third kappa shape index (κ3) is 5.88. The first-order valence-electron chi connectivity index (χ1n) is 11.2. The Labute approximate surface area is 194 Å². The zero-order chi connectivity index (χ0) is 23.8. The fourth-order valence-electron chi connectivity index (χ4n) is 3.61. The Morgan fingerprint density at radius 1 is 0.939 bits per heavy atom. The van der Waals surface area contributed by atoms with E-state index in [9.17, 15) is 9.59 Å². The van der Waals surface area contributed by atoms with Gasteiger partial charge in [-0.1, -0.05) is 13.8 Å². The molecule has 8 nitrogen and oxygen atoms in total. The molecule has 1 N–H and O–H groups in total. The first-order chi connectivity index (χ1) is 16.0. The van der Waals surface area contributed by atoms with Gasteiger partial charge in [0.05, 0.1) is 33.4 Å². The van der Waals surface area contributed by atoms with Crippen LogP contribution in [0.5, 0.6) is 23.0 Å². The Bertz CT molecular complexity index is 977. The van der Waals surface area contributed by atoms with Crippen LogP contribution in [0.2, 0.25) is 0 Å². The van der Waals surface area contributed by atoms with Crippen LogP contribution in [0.4, 0.5) is 11.4 Å². The summed E-state index contributed by atoms with van der Waals surface area (Å²) in [4.78, 5) is 27.2. The maximum absolute atomic E-state index is 12.9. The van der Waals surface area contributed by atoms with Crippen molar-refractivity contribution in [3.05, 3.63) is 36.4 Å². The van der Waals surface area contributed by atoms with Crippen molar-refractivity contribution in [1.29, 1.82) is 0 Å². The molecule has 3 rings (SSSR count). The number of amides is 2. The van der Waals surface area contributed by atoms with Crippen LogP contribution in [0, 0.1) is 5.92 Å². The first-order valence-corrected chi connectivity index (χ1v) is 11.2.